The van der Waals surface area contributed by atoms with E-state index in [-0.39, 0.29) is 18.6 Å². The standard InChI is InChI=1S/C19H16ClNO4/c1-12(14-3-2-4-15(20)9-14)21-18(22)11-24-16-7-5-13-6-8-19(23)25-17(13)10-16/h2-10,12H,11H2,1H3,(H,21,22)/t12-/m1/s1. The summed E-state index contributed by atoms with van der Waals surface area (Å²) in [5, 5.41) is 4.25. The van der Waals surface area contributed by atoms with Gasteiger partial charge in [0.05, 0.1) is 6.04 Å². The van der Waals surface area contributed by atoms with Crippen LogP contribution in [0.5, 0.6) is 5.75 Å². The predicted molar refractivity (Wildman–Crippen MR) is 96.0 cm³/mol. The molecule has 0 aliphatic rings. The highest BCUT2D eigenvalue weighted by Crippen LogP contribution is 2.20. The minimum absolute atomic E-state index is 0.145. The second-order valence-electron chi connectivity index (χ2n) is 5.59. The summed E-state index contributed by atoms with van der Waals surface area (Å²) < 4.78 is 10.6. The van der Waals surface area contributed by atoms with E-state index in [4.69, 9.17) is 20.8 Å². The van der Waals surface area contributed by atoms with Gasteiger partial charge in [0.15, 0.2) is 6.61 Å². The number of rotatable bonds is 5. The zero-order valence-corrected chi connectivity index (χ0v) is 14.2. The molecule has 3 rings (SSSR count). The van der Waals surface area contributed by atoms with Crippen LogP contribution >= 0.6 is 11.6 Å². The number of ether oxygens (including phenoxy) is 1. The zero-order chi connectivity index (χ0) is 17.8. The third kappa shape index (κ3) is 4.39. The second-order valence-corrected chi connectivity index (χ2v) is 6.02. The summed E-state index contributed by atoms with van der Waals surface area (Å²) in [5.41, 5.74) is 0.892. The first kappa shape index (κ1) is 17.0. The van der Waals surface area contributed by atoms with Crippen LogP contribution in [0.1, 0.15) is 18.5 Å². The van der Waals surface area contributed by atoms with Crippen LogP contribution in [0.3, 0.4) is 0 Å². The maximum Gasteiger partial charge on any atom is 0.336 e. The van der Waals surface area contributed by atoms with E-state index in [2.05, 4.69) is 5.32 Å². The minimum atomic E-state index is -0.433. The Morgan fingerprint density at radius 3 is 2.80 bits per heavy atom. The second kappa shape index (κ2) is 7.40. The molecular weight excluding hydrogens is 342 g/mol. The van der Waals surface area contributed by atoms with Crippen molar-refractivity contribution in [1.29, 1.82) is 0 Å². The van der Waals surface area contributed by atoms with Crippen LogP contribution in [0.2, 0.25) is 5.02 Å². The van der Waals surface area contributed by atoms with E-state index >= 15 is 0 Å². The van der Waals surface area contributed by atoms with Crippen LogP contribution in [0.15, 0.2) is 63.8 Å². The van der Waals surface area contributed by atoms with Crippen molar-refractivity contribution in [1.82, 2.24) is 5.32 Å². The summed E-state index contributed by atoms with van der Waals surface area (Å²) in [7, 11) is 0. The van der Waals surface area contributed by atoms with Gasteiger partial charge in [-0.1, -0.05) is 23.7 Å². The molecule has 128 valence electrons. The van der Waals surface area contributed by atoms with E-state index in [9.17, 15) is 9.59 Å². The number of carbonyl (C=O) groups is 1. The van der Waals surface area contributed by atoms with Crippen LogP contribution < -0.4 is 15.7 Å². The lowest BCUT2D eigenvalue weighted by molar-refractivity contribution is -0.123. The third-order valence-electron chi connectivity index (χ3n) is 3.69. The van der Waals surface area contributed by atoms with Gasteiger partial charge in [-0.15, -0.1) is 0 Å². The Kier molecular flexibility index (Phi) is 5.05. The maximum atomic E-state index is 12.1. The van der Waals surface area contributed by atoms with E-state index in [1.807, 2.05) is 19.1 Å². The molecule has 0 bridgehead atoms. The van der Waals surface area contributed by atoms with Crippen molar-refractivity contribution in [3.8, 4) is 5.75 Å². The molecule has 3 aromatic rings. The monoisotopic (exact) mass is 357 g/mol. The van der Waals surface area contributed by atoms with E-state index in [1.54, 1.807) is 36.4 Å². The molecule has 0 aliphatic heterocycles. The van der Waals surface area contributed by atoms with Crippen molar-refractivity contribution in [3.63, 3.8) is 0 Å². The average Bonchev–Trinajstić information content (AvgIpc) is 2.59. The van der Waals surface area contributed by atoms with E-state index in [0.717, 1.165) is 10.9 Å². The molecule has 0 saturated carbocycles. The predicted octanol–water partition coefficient (Wildman–Crippen LogP) is 3.70. The maximum absolute atomic E-state index is 12.1. The lowest BCUT2D eigenvalue weighted by Gasteiger charge is -2.15. The van der Waals surface area contributed by atoms with Gasteiger partial charge in [0.25, 0.3) is 5.91 Å². The van der Waals surface area contributed by atoms with Gasteiger partial charge in [0.2, 0.25) is 0 Å². The van der Waals surface area contributed by atoms with Gasteiger partial charge in [0.1, 0.15) is 11.3 Å². The third-order valence-corrected chi connectivity index (χ3v) is 3.93. The van der Waals surface area contributed by atoms with Crippen molar-refractivity contribution in [3.05, 3.63) is 75.6 Å². The molecule has 1 aromatic heterocycles. The number of nitrogens with one attached hydrogen (secondary N) is 1. The molecule has 0 aliphatic carbocycles. The Morgan fingerprint density at radius 2 is 2.00 bits per heavy atom. The van der Waals surface area contributed by atoms with Crippen molar-refractivity contribution in [2.24, 2.45) is 0 Å². The quantitative estimate of drug-likeness (QED) is 0.707. The van der Waals surface area contributed by atoms with Crippen molar-refractivity contribution < 1.29 is 13.9 Å². The highest BCUT2D eigenvalue weighted by Gasteiger charge is 2.11. The molecule has 1 amide bonds. The Labute approximate surface area is 149 Å². The van der Waals surface area contributed by atoms with E-state index in [0.29, 0.717) is 16.4 Å². The molecular formula is C19H16ClNO4. The number of hydrogen-bond acceptors (Lipinski definition) is 4. The first-order chi connectivity index (χ1) is 12.0. The lowest BCUT2D eigenvalue weighted by Crippen LogP contribution is -2.31. The first-order valence-electron chi connectivity index (χ1n) is 7.73. The topological polar surface area (TPSA) is 68.5 Å². The smallest absolute Gasteiger partial charge is 0.336 e. The summed E-state index contributed by atoms with van der Waals surface area (Å²) in [6, 6.07) is 15.2. The molecule has 1 atom stereocenters. The number of fused-ring (bicyclic) bond motifs is 1. The van der Waals surface area contributed by atoms with Crippen molar-refractivity contribution in [2.75, 3.05) is 6.61 Å². The summed E-state index contributed by atoms with van der Waals surface area (Å²) >= 11 is 5.96. The molecule has 0 spiro atoms. The van der Waals surface area contributed by atoms with Crippen LogP contribution in [0, 0.1) is 0 Å². The molecule has 0 fully saturated rings. The molecule has 5 nitrogen and oxygen atoms in total. The summed E-state index contributed by atoms with van der Waals surface area (Å²) in [5.74, 6) is 0.189. The van der Waals surface area contributed by atoms with Crippen LogP contribution in [-0.2, 0) is 4.79 Å². The highest BCUT2D eigenvalue weighted by atomic mass is 35.5. The Balaban J connectivity index is 1.61. The van der Waals surface area contributed by atoms with Gasteiger partial charge in [-0.05, 0) is 42.8 Å². The fourth-order valence-corrected chi connectivity index (χ4v) is 2.62. The number of carbonyl (C=O) groups excluding carboxylic acids is 1. The van der Waals surface area contributed by atoms with Gasteiger partial charge in [-0.25, -0.2) is 4.79 Å². The van der Waals surface area contributed by atoms with Crippen LogP contribution in [0.25, 0.3) is 11.0 Å². The van der Waals surface area contributed by atoms with Gasteiger partial charge in [-0.3, -0.25) is 4.79 Å². The fourth-order valence-electron chi connectivity index (χ4n) is 2.42. The van der Waals surface area contributed by atoms with E-state index in [1.165, 1.54) is 6.07 Å². The first-order valence-corrected chi connectivity index (χ1v) is 8.10. The van der Waals surface area contributed by atoms with Gasteiger partial charge in [-0.2, -0.15) is 0 Å². The Bertz CT molecular complexity index is 967. The molecule has 2 aromatic carbocycles. The molecule has 0 radical (unpaired) electrons. The molecule has 1 heterocycles. The van der Waals surface area contributed by atoms with Crippen molar-refractivity contribution in [2.45, 2.75) is 13.0 Å². The minimum Gasteiger partial charge on any atom is -0.484 e. The molecule has 6 heteroatoms. The molecule has 0 saturated heterocycles. The SMILES string of the molecule is C[C@@H](NC(=O)COc1ccc2ccc(=O)oc2c1)c1cccc(Cl)c1. The zero-order valence-electron chi connectivity index (χ0n) is 13.5. The largest absolute Gasteiger partial charge is 0.484 e. The molecule has 25 heavy (non-hydrogen) atoms. The summed E-state index contributed by atoms with van der Waals surface area (Å²) in [6.45, 7) is 1.72. The number of amides is 1. The van der Waals surface area contributed by atoms with Crippen LogP contribution in [-0.4, -0.2) is 12.5 Å². The summed E-state index contributed by atoms with van der Waals surface area (Å²) in [4.78, 5) is 23.3. The van der Waals surface area contributed by atoms with Gasteiger partial charge < -0.3 is 14.5 Å². The normalized spacial score (nSPS) is 11.9. The average molecular weight is 358 g/mol. The van der Waals surface area contributed by atoms with Gasteiger partial charge >= 0.3 is 5.63 Å². The highest BCUT2D eigenvalue weighted by molar-refractivity contribution is 6.30. The number of benzene rings is 2. The number of hydrogen-bond donors (Lipinski definition) is 1. The summed E-state index contributed by atoms with van der Waals surface area (Å²) in [6.07, 6.45) is 0. The fraction of sp³-hybridized carbons (Fsp3) is 0.158. The Hall–Kier alpha value is -2.79. The number of halogens is 1. The Morgan fingerprint density at radius 1 is 1.20 bits per heavy atom. The van der Waals surface area contributed by atoms with E-state index < -0.39 is 5.63 Å². The van der Waals surface area contributed by atoms with Crippen molar-refractivity contribution >= 4 is 28.5 Å². The molecule has 0 unspecified atom stereocenters. The lowest BCUT2D eigenvalue weighted by atomic mass is 10.1. The van der Waals surface area contributed by atoms with Crippen LogP contribution in [0.4, 0.5) is 0 Å². The van der Waals surface area contributed by atoms with Gasteiger partial charge in [0, 0.05) is 22.5 Å². The molecule has 1 N–H and O–H groups in total.